The molecule has 1 aliphatic carbocycles. The Hall–Kier alpha value is -3.02. The standard InChI is InChI=1S/C14H23.C13H9.C13H10.Zr/c1-9(2)12-7-8-13(10(3)4)14(12)11(5)6;1-3-7-12-10(5-1)9-11-6-2-4-8-13(11)12;1-3-7-12(8-4-1)11-13-9-5-2-6-10-13;/h9-11H,7H2,1-6H3;1-9H;1-10H;/q2*-1;;+2. The first-order valence-corrected chi connectivity index (χ1v) is 16.1. The molecule has 5 aromatic carbocycles. The fourth-order valence-electron chi connectivity index (χ4n) is 5.55. The van der Waals surface area contributed by atoms with E-state index in [4.69, 9.17) is 0 Å². The van der Waals surface area contributed by atoms with E-state index in [9.17, 15) is 0 Å². The monoisotopic (exact) mass is 612 g/mol. The molecular weight excluding hydrogens is 572 g/mol. The Morgan fingerprint density at radius 1 is 0.585 bits per heavy atom. The molecule has 0 saturated heterocycles. The van der Waals surface area contributed by atoms with Crippen molar-refractivity contribution < 1.29 is 24.2 Å². The summed E-state index contributed by atoms with van der Waals surface area (Å²) in [7, 11) is 0. The van der Waals surface area contributed by atoms with Crippen molar-refractivity contribution in [3.05, 3.63) is 149 Å². The third kappa shape index (κ3) is 7.84. The molecule has 41 heavy (non-hydrogen) atoms. The minimum atomic E-state index is 0.628. The molecule has 1 heteroatoms. The van der Waals surface area contributed by atoms with Crippen LogP contribution in [0.3, 0.4) is 0 Å². The molecule has 6 rings (SSSR count). The fourth-order valence-corrected chi connectivity index (χ4v) is 6.37. The van der Waals surface area contributed by atoms with Crippen molar-refractivity contribution in [3.8, 4) is 0 Å². The zero-order valence-electron chi connectivity index (χ0n) is 25.4. The van der Waals surface area contributed by atoms with E-state index in [1.807, 2.05) is 0 Å². The normalized spacial score (nSPS) is 12.9. The van der Waals surface area contributed by atoms with Gasteiger partial charge in [0.05, 0.1) is 0 Å². The van der Waals surface area contributed by atoms with Gasteiger partial charge >= 0.3 is 99.2 Å². The average Bonchev–Trinajstić information content (AvgIpc) is 3.61. The molecule has 5 aromatic rings. The third-order valence-corrected chi connectivity index (χ3v) is 9.02. The van der Waals surface area contributed by atoms with Gasteiger partial charge in [-0.3, -0.25) is 6.08 Å². The van der Waals surface area contributed by atoms with Crippen molar-refractivity contribution in [3.63, 3.8) is 0 Å². The molecule has 0 unspecified atom stereocenters. The van der Waals surface area contributed by atoms with Gasteiger partial charge in [-0.25, -0.2) is 5.57 Å². The minimum absolute atomic E-state index is 0.628. The Balaban J connectivity index is 0.000000142. The molecule has 0 aliphatic heterocycles. The first kappa shape index (κ1) is 30.9. The van der Waals surface area contributed by atoms with Gasteiger partial charge in [0.25, 0.3) is 0 Å². The van der Waals surface area contributed by atoms with Gasteiger partial charge in [0.15, 0.2) is 0 Å². The van der Waals surface area contributed by atoms with Crippen molar-refractivity contribution in [2.24, 2.45) is 17.8 Å². The minimum Gasteiger partial charge on any atom is -0.126 e. The van der Waals surface area contributed by atoms with E-state index in [0.29, 0.717) is 17.8 Å². The summed E-state index contributed by atoms with van der Waals surface area (Å²) in [6.45, 7) is 13.7. The van der Waals surface area contributed by atoms with Crippen LogP contribution in [0.1, 0.15) is 59.1 Å². The summed E-state index contributed by atoms with van der Waals surface area (Å²) in [4.78, 5) is 0. The summed E-state index contributed by atoms with van der Waals surface area (Å²) >= 11 is 1.46. The van der Waals surface area contributed by atoms with Crippen molar-refractivity contribution in [2.75, 3.05) is 0 Å². The van der Waals surface area contributed by atoms with Gasteiger partial charge in [0.1, 0.15) is 0 Å². The van der Waals surface area contributed by atoms with Crippen LogP contribution in [-0.2, 0) is 24.2 Å². The Labute approximate surface area is 262 Å². The van der Waals surface area contributed by atoms with E-state index in [1.54, 1.807) is 11.1 Å². The molecule has 0 aromatic heterocycles. The summed E-state index contributed by atoms with van der Waals surface area (Å²) in [5.41, 5.74) is 7.34. The van der Waals surface area contributed by atoms with Crippen molar-refractivity contribution in [1.29, 1.82) is 0 Å². The van der Waals surface area contributed by atoms with E-state index in [1.165, 1.54) is 65.7 Å². The Morgan fingerprint density at radius 2 is 1.02 bits per heavy atom. The smallest absolute Gasteiger partial charge is 0.0771 e. The predicted octanol–water partition coefficient (Wildman–Crippen LogP) is 10.9. The molecule has 0 fully saturated rings. The maximum absolute atomic E-state index is 3.56. The Bertz CT molecular complexity index is 1530. The van der Waals surface area contributed by atoms with Crippen molar-refractivity contribution >= 4 is 24.8 Å². The van der Waals surface area contributed by atoms with Crippen LogP contribution in [0.25, 0.3) is 21.5 Å². The third-order valence-electron chi connectivity index (χ3n) is 7.60. The first-order chi connectivity index (χ1) is 19.8. The molecule has 0 saturated carbocycles. The summed E-state index contributed by atoms with van der Waals surface area (Å²) in [6, 6.07) is 40.4. The van der Waals surface area contributed by atoms with Gasteiger partial charge in [0.2, 0.25) is 0 Å². The van der Waals surface area contributed by atoms with Crippen LogP contribution in [0, 0.1) is 23.8 Å². The molecule has 0 nitrogen and oxygen atoms in total. The SMILES string of the molecule is CC(C)C1=[C-]CC(C(C)C)=C1C(C)C.[Zr+2]=[C](c1ccccc1)c1ccccc1.c1ccc2c(c1)[cH-]c1ccccc12. The first-order valence-electron chi connectivity index (χ1n) is 14.8. The topological polar surface area (TPSA) is 0 Å². The second kappa shape index (κ2) is 14.7. The number of fused-ring (bicyclic) bond motifs is 3. The second-order valence-electron chi connectivity index (χ2n) is 11.6. The van der Waals surface area contributed by atoms with E-state index in [-0.39, 0.29) is 0 Å². The van der Waals surface area contributed by atoms with Gasteiger partial charge in [-0.1, -0.05) is 89.8 Å². The van der Waals surface area contributed by atoms with Gasteiger partial charge in [-0.2, -0.15) is 11.1 Å². The molecule has 0 atom stereocenters. The van der Waals surface area contributed by atoms with Crippen LogP contribution in [-0.4, -0.2) is 3.21 Å². The predicted molar refractivity (Wildman–Crippen MR) is 176 cm³/mol. The maximum Gasteiger partial charge on any atom is -0.0771 e. The van der Waals surface area contributed by atoms with Crippen LogP contribution in [0.2, 0.25) is 0 Å². The van der Waals surface area contributed by atoms with Crippen molar-refractivity contribution in [2.45, 2.75) is 48.0 Å². The van der Waals surface area contributed by atoms with Crippen LogP contribution in [0.5, 0.6) is 0 Å². The van der Waals surface area contributed by atoms with Crippen LogP contribution >= 0.6 is 0 Å². The fraction of sp³-hybridized carbons (Fsp3) is 0.250. The van der Waals surface area contributed by atoms with E-state index < -0.39 is 0 Å². The van der Waals surface area contributed by atoms with Gasteiger partial charge < -0.3 is 0 Å². The Kier molecular flexibility index (Phi) is 11.1. The Morgan fingerprint density at radius 3 is 1.44 bits per heavy atom. The molecule has 0 heterocycles. The van der Waals surface area contributed by atoms with E-state index in [2.05, 4.69) is 163 Å². The number of allylic oxidation sites excluding steroid dienone is 4. The molecule has 0 N–H and O–H groups in total. The van der Waals surface area contributed by atoms with Gasteiger partial charge in [0, 0.05) is 0 Å². The number of rotatable bonds is 5. The van der Waals surface area contributed by atoms with Crippen LogP contribution in [0.15, 0.2) is 132 Å². The molecular formula is C40H42Zr. The molecule has 0 bridgehead atoms. The maximum atomic E-state index is 3.56. The summed E-state index contributed by atoms with van der Waals surface area (Å²) in [5, 5.41) is 5.39. The van der Waals surface area contributed by atoms with Crippen molar-refractivity contribution in [1.82, 2.24) is 0 Å². The zero-order valence-corrected chi connectivity index (χ0v) is 27.9. The quantitative estimate of drug-likeness (QED) is 0.173. The average molecular weight is 614 g/mol. The molecule has 0 spiro atoms. The summed E-state index contributed by atoms with van der Waals surface area (Å²) in [6.07, 6.45) is 4.63. The number of hydrogen-bond donors (Lipinski definition) is 0. The zero-order chi connectivity index (χ0) is 29.4. The largest absolute Gasteiger partial charge is 0.126 e. The molecule has 1 aliphatic rings. The van der Waals surface area contributed by atoms with E-state index >= 15 is 0 Å². The molecule has 206 valence electrons. The van der Waals surface area contributed by atoms with Gasteiger partial charge in [-0.05, 0) is 5.92 Å². The van der Waals surface area contributed by atoms with E-state index in [0.717, 1.165) is 6.42 Å². The summed E-state index contributed by atoms with van der Waals surface area (Å²) < 4.78 is 1.42. The van der Waals surface area contributed by atoms with Crippen LogP contribution in [0.4, 0.5) is 0 Å². The number of benzene rings is 4. The van der Waals surface area contributed by atoms with Crippen LogP contribution < -0.4 is 0 Å². The molecule has 0 radical (unpaired) electrons. The molecule has 0 amide bonds. The second-order valence-corrected chi connectivity index (χ2v) is 12.8. The summed E-state index contributed by atoms with van der Waals surface area (Å²) in [5.74, 6) is 1.96. The number of hydrogen-bond acceptors (Lipinski definition) is 0. The van der Waals surface area contributed by atoms with Gasteiger partial charge in [-0.15, -0.1) is 46.2 Å².